The fourth-order valence-electron chi connectivity index (χ4n) is 2.71. The van der Waals surface area contributed by atoms with E-state index in [2.05, 4.69) is 36.5 Å². The molecule has 0 saturated carbocycles. The lowest BCUT2D eigenvalue weighted by Crippen LogP contribution is -2.16. The maximum atomic E-state index is 5.71. The lowest BCUT2D eigenvalue weighted by atomic mass is 10.1. The van der Waals surface area contributed by atoms with Crippen molar-refractivity contribution < 1.29 is 4.74 Å². The smallest absolute Gasteiger partial charge is 0.0716 e. The van der Waals surface area contributed by atoms with Crippen LogP contribution in [0.2, 0.25) is 0 Å². The Kier molecular flexibility index (Phi) is 14.1. The van der Waals surface area contributed by atoms with Crippen molar-refractivity contribution in [3.8, 4) is 0 Å². The molecule has 0 amide bonds. The molecule has 0 fully saturated rings. The monoisotopic (exact) mass is 319 g/mol. The summed E-state index contributed by atoms with van der Waals surface area (Å²) in [5.41, 5.74) is 1.27. The number of nitrogens with one attached hydrogen (secondary N) is 1. The van der Waals surface area contributed by atoms with Crippen molar-refractivity contribution in [1.29, 1.82) is 0 Å². The van der Waals surface area contributed by atoms with Crippen molar-refractivity contribution in [1.82, 2.24) is 5.32 Å². The predicted octanol–water partition coefficient (Wildman–Crippen LogP) is 5.71. The molecule has 23 heavy (non-hydrogen) atoms. The maximum Gasteiger partial charge on any atom is 0.0716 e. The van der Waals surface area contributed by atoms with E-state index in [0.29, 0.717) is 0 Å². The van der Waals surface area contributed by atoms with Crippen molar-refractivity contribution in [3.63, 3.8) is 0 Å². The van der Waals surface area contributed by atoms with E-state index in [1.54, 1.807) is 0 Å². The molecule has 0 aliphatic rings. The number of unbranched alkanes of at least 4 members (excludes halogenated alkanes) is 8. The molecule has 1 aromatic rings. The number of ether oxygens (including phenoxy) is 1. The predicted molar refractivity (Wildman–Crippen MR) is 101 cm³/mol. The van der Waals surface area contributed by atoms with Gasteiger partial charge in [0.1, 0.15) is 0 Å². The number of hydrogen-bond acceptors (Lipinski definition) is 2. The molecule has 1 rings (SSSR count). The average Bonchev–Trinajstić information content (AvgIpc) is 2.59. The van der Waals surface area contributed by atoms with E-state index >= 15 is 0 Å². The zero-order valence-electron chi connectivity index (χ0n) is 15.2. The zero-order chi connectivity index (χ0) is 16.4. The third-order valence-electron chi connectivity index (χ3n) is 4.21. The highest BCUT2D eigenvalue weighted by Gasteiger charge is 1.94. The Bertz CT molecular complexity index is 339. The molecule has 1 N–H and O–H groups in total. The van der Waals surface area contributed by atoms with E-state index in [1.165, 1.54) is 82.9 Å². The second-order valence-corrected chi connectivity index (χ2v) is 6.47. The lowest BCUT2D eigenvalue weighted by molar-refractivity contribution is 0.116. The van der Waals surface area contributed by atoms with Gasteiger partial charge in [0, 0.05) is 6.61 Å². The van der Waals surface area contributed by atoms with Crippen LogP contribution in [-0.2, 0) is 11.3 Å². The fourth-order valence-corrected chi connectivity index (χ4v) is 2.71. The number of rotatable bonds is 16. The van der Waals surface area contributed by atoms with Crippen LogP contribution in [0.15, 0.2) is 30.3 Å². The van der Waals surface area contributed by atoms with Crippen LogP contribution >= 0.6 is 0 Å². The van der Waals surface area contributed by atoms with Crippen LogP contribution in [0.4, 0.5) is 0 Å². The quantitative estimate of drug-likeness (QED) is 0.394. The zero-order valence-corrected chi connectivity index (χ0v) is 15.2. The molecule has 0 aliphatic heterocycles. The van der Waals surface area contributed by atoms with Crippen molar-refractivity contribution in [2.45, 2.75) is 77.7 Å². The van der Waals surface area contributed by atoms with Crippen molar-refractivity contribution >= 4 is 0 Å². The van der Waals surface area contributed by atoms with Crippen molar-refractivity contribution in [2.24, 2.45) is 0 Å². The Morgan fingerprint density at radius 1 is 0.739 bits per heavy atom. The molecule has 0 aliphatic carbocycles. The molecule has 132 valence electrons. The van der Waals surface area contributed by atoms with Gasteiger partial charge >= 0.3 is 0 Å². The van der Waals surface area contributed by atoms with E-state index in [4.69, 9.17) is 4.74 Å². The molecule has 0 heterocycles. The van der Waals surface area contributed by atoms with Gasteiger partial charge in [-0.25, -0.2) is 0 Å². The molecule has 0 aromatic heterocycles. The van der Waals surface area contributed by atoms with Gasteiger partial charge in [-0.2, -0.15) is 0 Å². The van der Waals surface area contributed by atoms with Crippen LogP contribution < -0.4 is 5.32 Å². The van der Waals surface area contributed by atoms with Crippen LogP contribution in [0.3, 0.4) is 0 Å². The third kappa shape index (κ3) is 13.3. The SMILES string of the molecule is CCCCNCCCCCCCCCCOCc1ccccc1. The number of benzene rings is 1. The summed E-state index contributed by atoms with van der Waals surface area (Å²) in [5.74, 6) is 0. The van der Waals surface area contributed by atoms with Gasteiger partial charge in [0.2, 0.25) is 0 Å². The van der Waals surface area contributed by atoms with E-state index in [1.807, 2.05) is 6.07 Å². The van der Waals surface area contributed by atoms with E-state index in [9.17, 15) is 0 Å². The molecule has 0 spiro atoms. The largest absolute Gasteiger partial charge is 0.377 e. The summed E-state index contributed by atoms with van der Waals surface area (Å²) in [4.78, 5) is 0. The Labute approximate surface area is 144 Å². The normalized spacial score (nSPS) is 11.0. The first-order valence-corrected chi connectivity index (χ1v) is 9.76. The van der Waals surface area contributed by atoms with Gasteiger partial charge in [0.25, 0.3) is 0 Å². The van der Waals surface area contributed by atoms with Crippen LogP contribution in [0, 0.1) is 0 Å². The Hall–Kier alpha value is -0.860. The Morgan fingerprint density at radius 3 is 2.04 bits per heavy atom. The van der Waals surface area contributed by atoms with Crippen molar-refractivity contribution in [3.05, 3.63) is 35.9 Å². The molecule has 0 atom stereocenters. The second-order valence-electron chi connectivity index (χ2n) is 6.47. The van der Waals surface area contributed by atoms with Gasteiger partial charge in [-0.1, -0.05) is 82.2 Å². The summed E-state index contributed by atoms with van der Waals surface area (Å²) in [6.07, 6.45) is 13.4. The summed E-state index contributed by atoms with van der Waals surface area (Å²) in [7, 11) is 0. The van der Waals surface area contributed by atoms with Crippen LogP contribution in [0.5, 0.6) is 0 Å². The first-order valence-electron chi connectivity index (χ1n) is 9.76. The second kappa shape index (κ2) is 16.0. The first kappa shape index (κ1) is 20.2. The highest BCUT2D eigenvalue weighted by atomic mass is 16.5. The van der Waals surface area contributed by atoms with Crippen LogP contribution in [0.25, 0.3) is 0 Å². The molecule has 1 aromatic carbocycles. The maximum absolute atomic E-state index is 5.71. The standard InChI is InChI=1S/C21H37NO/c1-2-3-17-22-18-13-8-6-4-5-7-9-14-19-23-20-21-15-11-10-12-16-21/h10-12,15-16,22H,2-9,13-14,17-20H2,1H3. The molecular formula is C21H37NO. The first-order chi connectivity index (χ1) is 11.4. The van der Waals surface area contributed by atoms with E-state index in [-0.39, 0.29) is 0 Å². The molecule has 0 bridgehead atoms. The molecule has 0 radical (unpaired) electrons. The lowest BCUT2D eigenvalue weighted by Gasteiger charge is -2.05. The summed E-state index contributed by atoms with van der Waals surface area (Å²) in [6.45, 7) is 6.31. The Morgan fingerprint density at radius 2 is 1.35 bits per heavy atom. The summed E-state index contributed by atoms with van der Waals surface area (Å²) < 4.78 is 5.71. The van der Waals surface area contributed by atoms with Gasteiger partial charge in [0.15, 0.2) is 0 Å². The van der Waals surface area contributed by atoms with Gasteiger partial charge in [-0.3, -0.25) is 0 Å². The topological polar surface area (TPSA) is 21.3 Å². The van der Waals surface area contributed by atoms with E-state index in [0.717, 1.165) is 13.2 Å². The molecule has 2 nitrogen and oxygen atoms in total. The Balaban J connectivity index is 1.72. The minimum atomic E-state index is 0.757. The van der Waals surface area contributed by atoms with Gasteiger partial charge in [-0.15, -0.1) is 0 Å². The van der Waals surface area contributed by atoms with Crippen molar-refractivity contribution in [2.75, 3.05) is 19.7 Å². The minimum Gasteiger partial charge on any atom is -0.377 e. The van der Waals surface area contributed by atoms with E-state index < -0.39 is 0 Å². The summed E-state index contributed by atoms with van der Waals surface area (Å²) in [6, 6.07) is 10.4. The molecule has 2 heteroatoms. The highest BCUT2D eigenvalue weighted by Crippen LogP contribution is 2.09. The van der Waals surface area contributed by atoms with Gasteiger partial charge in [0.05, 0.1) is 6.61 Å². The minimum absolute atomic E-state index is 0.757. The van der Waals surface area contributed by atoms with Crippen LogP contribution in [-0.4, -0.2) is 19.7 Å². The summed E-state index contributed by atoms with van der Waals surface area (Å²) >= 11 is 0. The van der Waals surface area contributed by atoms with Gasteiger partial charge in [-0.05, 0) is 37.9 Å². The molecular weight excluding hydrogens is 282 g/mol. The van der Waals surface area contributed by atoms with Crippen LogP contribution in [0.1, 0.15) is 76.7 Å². The fraction of sp³-hybridized carbons (Fsp3) is 0.714. The molecule has 0 saturated heterocycles. The summed E-state index contributed by atoms with van der Waals surface area (Å²) in [5, 5.41) is 3.51. The van der Waals surface area contributed by atoms with Gasteiger partial charge < -0.3 is 10.1 Å². The average molecular weight is 320 g/mol. The molecule has 0 unspecified atom stereocenters. The highest BCUT2D eigenvalue weighted by molar-refractivity contribution is 5.13. The number of hydrogen-bond donors (Lipinski definition) is 1. The third-order valence-corrected chi connectivity index (χ3v) is 4.21.